The summed E-state index contributed by atoms with van der Waals surface area (Å²) in [7, 11) is 1.45. The molecule has 0 saturated carbocycles. The number of para-hydroxylation sites is 1. The van der Waals surface area contributed by atoms with Gasteiger partial charge in [-0.2, -0.15) is 0 Å². The standard InChI is InChI=1S/C16H16N2O2/c1-17-15(19)16(20)18(14-10-6-3-7-11-14)12-13-8-4-2-5-9-13/h2-11H,12H2,1H3,(H,17,19). The van der Waals surface area contributed by atoms with Crippen molar-refractivity contribution >= 4 is 17.5 Å². The zero-order valence-corrected chi connectivity index (χ0v) is 11.2. The molecule has 0 aromatic heterocycles. The van der Waals surface area contributed by atoms with E-state index in [9.17, 15) is 9.59 Å². The molecule has 0 fully saturated rings. The first-order chi connectivity index (χ1) is 9.72. The van der Waals surface area contributed by atoms with Crippen molar-refractivity contribution in [1.29, 1.82) is 0 Å². The van der Waals surface area contributed by atoms with Gasteiger partial charge in [-0.3, -0.25) is 14.5 Å². The van der Waals surface area contributed by atoms with E-state index in [-0.39, 0.29) is 0 Å². The van der Waals surface area contributed by atoms with Crippen LogP contribution in [0, 0.1) is 0 Å². The summed E-state index contributed by atoms with van der Waals surface area (Å²) in [6, 6.07) is 18.7. The van der Waals surface area contributed by atoms with E-state index in [0.29, 0.717) is 12.2 Å². The van der Waals surface area contributed by atoms with Crippen LogP contribution >= 0.6 is 0 Å². The van der Waals surface area contributed by atoms with Gasteiger partial charge in [0.1, 0.15) is 0 Å². The number of carbonyl (C=O) groups is 2. The Morgan fingerprint density at radius 3 is 2.05 bits per heavy atom. The normalized spacial score (nSPS) is 9.85. The van der Waals surface area contributed by atoms with Crippen LogP contribution in [0.2, 0.25) is 0 Å². The minimum absolute atomic E-state index is 0.358. The van der Waals surface area contributed by atoms with Gasteiger partial charge in [-0.05, 0) is 17.7 Å². The highest BCUT2D eigenvalue weighted by Crippen LogP contribution is 2.17. The third-order valence-electron chi connectivity index (χ3n) is 2.92. The topological polar surface area (TPSA) is 49.4 Å². The first kappa shape index (κ1) is 13.8. The molecule has 0 saturated heterocycles. The Bertz CT molecular complexity index is 582. The Balaban J connectivity index is 2.30. The minimum atomic E-state index is -0.621. The number of nitrogens with zero attached hydrogens (tertiary/aromatic N) is 1. The highest BCUT2D eigenvalue weighted by atomic mass is 16.2. The molecular formula is C16H16N2O2. The lowest BCUT2D eigenvalue weighted by atomic mass is 10.2. The van der Waals surface area contributed by atoms with Crippen molar-refractivity contribution < 1.29 is 9.59 Å². The van der Waals surface area contributed by atoms with Crippen LogP contribution in [0.15, 0.2) is 60.7 Å². The van der Waals surface area contributed by atoms with E-state index in [1.54, 1.807) is 0 Å². The van der Waals surface area contributed by atoms with E-state index in [1.807, 2.05) is 60.7 Å². The number of carbonyl (C=O) groups excluding carboxylic acids is 2. The van der Waals surface area contributed by atoms with Gasteiger partial charge in [0.2, 0.25) is 0 Å². The third kappa shape index (κ3) is 3.23. The summed E-state index contributed by atoms with van der Waals surface area (Å²) in [5, 5.41) is 2.37. The van der Waals surface area contributed by atoms with Gasteiger partial charge in [0.05, 0.1) is 6.54 Å². The molecule has 0 aliphatic heterocycles. The molecule has 0 spiro atoms. The number of benzene rings is 2. The van der Waals surface area contributed by atoms with Crippen LogP contribution in [0.1, 0.15) is 5.56 Å². The fourth-order valence-electron chi connectivity index (χ4n) is 1.88. The molecular weight excluding hydrogens is 252 g/mol. The van der Waals surface area contributed by atoms with Crippen molar-refractivity contribution in [3.63, 3.8) is 0 Å². The molecule has 2 aromatic rings. The van der Waals surface area contributed by atoms with Crippen molar-refractivity contribution in [1.82, 2.24) is 5.32 Å². The Labute approximate surface area is 118 Å². The summed E-state index contributed by atoms with van der Waals surface area (Å²) in [5.41, 5.74) is 1.67. The molecule has 0 atom stereocenters. The van der Waals surface area contributed by atoms with Gasteiger partial charge in [-0.25, -0.2) is 0 Å². The maximum Gasteiger partial charge on any atom is 0.316 e. The summed E-state index contributed by atoms with van der Waals surface area (Å²) in [4.78, 5) is 25.3. The summed E-state index contributed by atoms with van der Waals surface area (Å²) in [6.45, 7) is 0.358. The highest BCUT2D eigenvalue weighted by Gasteiger charge is 2.22. The molecule has 2 amide bonds. The van der Waals surface area contributed by atoms with E-state index in [4.69, 9.17) is 0 Å². The monoisotopic (exact) mass is 268 g/mol. The fraction of sp³-hybridized carbons (Fsp3) is 0.125. The van der Waals surface area contributed by atoms with Crippen molar-refractivity contribution in [2.45, 2.75) is 6.54 Å². The molecule has 1 N–H and O–H groups in total. The number of amides is 2. The van der Waals surface area contributed by atoms with Gasteiger partial charge in [0.15, 0.2) is 0 Å². The molecule has 0 aliphatic rings. The number of nitrogens with one attached hydrogen (secondary N) is 1. The van der Waals surface area contributed by atoms with Gasteiger partial charge < -0.3 is 5.32 Å². The number of hydrogen-bond donors (Lipinski definition) is 1. The maximum absolute atomic E-state index is 12.2. The number of anilines is 1. The van der Waals surface area contributed by atoms with Gasteiger partial charge >= 0.3 is 11.8 Å². The molecule has 20 heavy (non-hydrogen) atoms. The zero-order valence-electron chi connectivity index (χ0n) is 11.2. The lowest BCUT2D eigenvalue weighted by Gasteiger charge is -2.22. The summed E-state index contributed by atoms with van der Waals surface area (Å²) in [5.74, 6) is -1.19. The third-order valence-corrected chi connectivity index (χ3v) is 2.92. The quantitative estimate of drug-likeness (QED) is 0.865. The fourth-order valence-corrected chi connectivity index (χ4v) is 1.88. The Morgan fingerprint density at radius 2 is 1.50 bits per heavy atom. The van der Waals surface area contributed by atoms with Crippen LogP contribution in [-0.4, -0.2) is 18.9 Å². The molecule has 0 bridgehead atoms. The van der Waals surface area contributed by atoms with Crippen LogP contribution in [0.5, 0.6) is 0 Å². The molecule has 102 valence electrons. The van der Waals surface area contributed by atoms with Crippen molar-refractivity contribution in [2.24, 2.45) is 0 Å². The highest BCUT2D eigenvalue weighted by molar-refractivity contribution is 6.40. The van der Waals surface area contributed by atoms with Crippen LogP contribution in [0.25, 0.3) is 0 Å². The zero-order chi connectivity index (χ0) is 14.4. The Morgan fingerprint density at radius 1 is 0.950 bits per heavy atom. The van der Waals surface area contributed by atoms with E-state index < -0.39 is 11.8 Å². The van der Waals surface area contributed by atoms with Gasteiger partial charge in [0, 0.05) is 12.7 Å². The van der Waals surface area contributed by atoms with Gasteiger partial charge in [-0.1, -0.05) is 48.5 Å². The average Bonchev–Trinajstić information content (AvgIpc) is 2.53. The molecule has 4 heteroatoms. The predicted molar refractivity (Wildman–Crippen MR) is 78.1 cm³/mol. The van der Waals surface area contributed by atoms with Gasteiger partial charge in [-0.15, -0.1) is 0 Å². The predicted octanol–water partition coefficient (Wildman–Crippen LogP) is 1.97. The van der Waals surface area contributed by atoms with Crippen molar-refractivity contribution in [2.75, 3.05) is 11.9 Å². The Kier molecular flexibility index (Phi) is 4.50. The minimum Gasteiger partial charge on any atom is -0.351 e. The number of rotatable bonds is 3. The maximum atomic E-state index is 12.2. The Hall–Kier alpha value is -2.62. The number of likely N-dealkylation sites (N-methyl/N-ethyl adjacent to an activating group) is 1. The second-order valence-electron chi connectivity index (χ2n) is 4.29. The lowest BCUT2D eigenvalue weighted by Crippen LogP contribution is -2.41. The molecule has 0 unspecified atom stereocenters. The van der Waals surface area contributed by atoms with E-state index in [0.717, 1.165) is 5.56 Å². The van der Waals surface area contributed by atoms with E-state index >= 15 is 0 Å². The lowest BCUT2D eigenvalue weighted by molar-refractivity contribution is -0.137. The first-order valence-electron chi connectivity index (χ1n) is 6.35. The van der Waals surface area contributed by atoms with Crippen LogP contribution in [0.4, 0.5) is 5.69 Å². The molecule has 0 radical (unpaired) electrons. The summed E-state index contributed by atoms with van der Waals surface area (Å²) in [6.07, 6.45) is 0. The van der Waals surface area contributed by atoms with E-state index in [2.05, 4.69) is 5.32 Å². The van der Waals surface area contributed by atoms with Crippen molar-refractivity contribution in [3.8, 4) is 0 Å². The molecule has 4 nitrogen and oxygen atoms in total. The van der Waals surface area contributed by atoms with E-state index in [1.165, 1.54) is 11.9 Å². The number of hydrogen-bond acceptors (Lipinski definition) is 2. The van der Waals surface area contributed by atoms with Crippen LogP contribution < -0.4 is 10.2 Å². The second kappa shape index (κ2) is 6.52. The van der Waals surface area contributed by atoms with Crippen molar-refractivity contribution in [3.05, 3.63) is 66.2 Å². The van der Waals surface area contributed by atoms with Crippen LogP contribution in [-0.2, 0) is 16.1 Å². The molecule has 0 heterocycles. The van der Waals surface area contributed by atoms with Gasteiger partial charge in [0.25, 0.3) is 0 Å². The molecule has 0 aliphatic carbocycles. The summed E-state index contributed by atoms with van der Waals surface area (Å²) < 4.78 is 0. The first-order valence-corrected chi connectivity index (χ1v) is 6.35. The average molecular weight is 268 g/mol. The molecule has 2 aromatic carbocycles. The smallest absolute Gasteiger partial charge is 0.316 e. The summed E-state index contributed by atoms with van der Waals surface area (Å²) >= 11 is 0. The SMILES string of the molecule is CNC(=O)C(=O)N(Cc1ccccc1)c1ccccc1. The largest absolute Gasteiger partial charge is 0.351 e. The molecule has 2 rings (SSSR count). The van der Waals surface area contributed by atoms with Crippen LogP contribution in [0.3, 0.4) is 0 Å². The second-order valence-corrected chi connectivity index (χ2v) is 4.29.